The van der Waals surface area contributed by atoms with E-state index in [1.54, 1.807) is 19.2 Å². The molecule has 8 heteroatoms. The average molecular weight is 453 g/mol. The molecular weight excluding hydrogens is 423 g/mol. The predicted octanol–water partition coefficient (Wildman–Crippen LogP) is 4.20. The Bertz CT molecular complexity index is 1200. The Labute approximate surface area is 191 Å². The molecule has 1 saturated heterocycles. The molecule has 0 radical (unpaired) electrons. The molecule has 2 aliphatic heterocycles. The highest BCUT2D eigenvalue weighted by Gasteiger charge is 2.21. The van der Waals surface area contributed by atoms with E-state index in [1.165, 1.54) is 18.9 Å². The lowest BCUT2D eigenvalue weighted by molar-refractivity contribution is 0.0748. The number of aromatic amines is 2. The molecular formula is C25H29FN4O3. The van der Waals surface area contributed by atoms with Crippen LogP contribution in [-0.2, 0) is 6.54 Å². The van der Waals surface area contributed by atoms with Gasteiger partial charge in [0.05, 0.1) is 12.8 Å². The van der Waals surface area contributed by atoms with Crippen LogP contribution >= 0.6 is 0 Å². The van der Waals surface area contributed by atoms with E-state index in [-0.39, 0.29) is 12.4 Å². The van der Waals surface area contributed by atoms with Gasteiger partial charge in [0.2, 0.25) is 0 Å². The Hall–Kier alpha value is -3.23. The number of benzene rings is 2. The van der Waals surface area contributed by atoms with Gasteiger partial charge in [-0.15, -0.1) is 0 Å². The van der Waals surface area contributed by atoms with Crippen molar-refractivity contribution in [3.8, 4) is 22.8 Å². The van der Waals surface area contributed by atoms with Crippen LogP contribution in [0.1, 0.15) is 18.4 Å². The SMILES string of the molecule is COc1cc2c3[nH][nH]c(NCc4ccccc4F)c-3cc2cc1OCC(O)CN1CCCC1. The van der Waals surface area contributed by atoms with Gasteiger partial charge in [-0.3, -0.25) is 10.2 Å². The summed E-state index contributed by atoms with van der Waals surface area (Å²) in [4.78, 5) is 2.26. The van der Waals surface area contributed by atoms with E-state index in [2.05, 4.69) is 20.4 Å². The third-order valence-electron chi connectivity index (χ3n) is 6.27. The summed E-state index contributed by atoms with van der Waals surface area (Å²) in [5.74, 6) is 1.76. The summed E-state index contributed by atoms with van der Waals surface area (Å²) in [7, 11) is 1.61. The zero-order valence-electron chi connectivity index (χ0n) is 18.7. The van der Waals surface area contributed by atoms with Crippen molar-refractivity contribution < 1.29 is 19.0 Å². The lowest BCUT2D eigenvalue weighted by atomic mass is 10.2. The summed E-state index contributed by atoms with van der Waals surface area (Å²) < 4.78 is 25.5. The molecule has 2 aromatic rings. The number of ether oxygens (including phenoxy) is 2. The van der Waals surface area contributed by atoms with Crippen LogP contribution in [0, 0.1) is 5.82 Å². The average Bonchev–Trinajstić information content (AvgIpc) is 3.54. The van der Waals surface area contributed by atoms with Gasteiger partial charge in [-0.1, -0.05) is 18.2 Å². The maximum atomic E-state index is 14.0. The van der Waals surface area contributed by atoms with Gasteiger partial charge < -0.3 is 24.8 Å². The van der Waals surface area contributed by atoms with Gasteiger partial charge in [-0.2, -0.15) is 0 Å². The maximum Gasteiger partial charge on any atom is 0.161 e. The molecule has 7 nitrogen and oxygen atoms in total. The predicted molar refractivity (Wildman–Crippen MR) is 127 cm³/mol. The fraction of sp³-hybridized carbons (Fsp3) is 0.360. The first-order valence-electron chi connectivity index (χ1n) is 11.3. The largest absolute Gasteiger partial charge is 0.493 e. The molecule has 1 unspecified atom stereocenters. The van der Waals surface area contributed by atoms with Crippen LogP contribution in [0.3, 0.4) is 0 Å². The molecule has 2 heterocycles. The summed E-state index contributed by atoms with van der Waals surface area (Å²) in [5, 5.41) is 22.0. The van der Waals surface area contributed by atoms with E-state index >= 15 is 0 Å². The smallest absolute Gasteiger partial charge is 0.161 e. The van der Waals surface area contributed by atoms with E-state index in [4.69, 9.17) is 9.47 Å². The van der Waals surface area contributed by atoms with Gasteiger partial charge >= 0.3 is 0 Å². The molecule has 33 heavy (non-hydrogen) atoms. The van der Waals surface area contributed by atoms with Crippen molar-refractivity contribution in [2.24, 2.45) is 0 Å². The second-order valence-corrected chi connectivity index (χ2v) is 8.57. The van der Waals surface area contributed by atoms with Crippen molar-refractivity contribution in [2.45, 2.75) is 25.5 Å². The first-order valence-corrected chi connectivity index (χ1v) is 11.3. The Morgan fingerprint density at radius 1 is 1.12 bits per heavy atom. The van der Waals surface area contributed by atoms with Gasteiger partial charge in [-0.05, 0) is 55.6 Å². The summed E-state index contributed by atoms with van der Waals surface area (Å²) >= 11 is 0. The third kappa shape index (κ3) is 4.49. The number of hydrogen-bond acceptors (Lipinski definition) is 5. The number of aliphatic hydroxyl groups is 1. The summed E-state index contributed by atoms with van der Waals surface area (Å²) in [5.41, 5.74) is 2.50. The zero-order valence-corrected chi connectivity index (χ0v) is 18.7. The number of nitrogens with zero attached hydrogens (tertiary/aromatic N) is 1. The monoisotopic (exact) mass is 452 g/mol. The fourth-order valence-corrected chi connectivity index (χ4v) is 4.55. The van der Waals surface area contributed by atoms with Gasteiger partial charge in [0, 0.05) is 29.6 Å². The van der Waals surface area contributed by atoms with Crippen molar-refractivity contribution in [2.75, 3.05) is 38.7 Å². The number of likely N-dealkylation sites (tertiary alicyclic amines) is 1. The minimum atomic E-state index is -0.554. The lowest BCUT2D eigenvalue weighted by Crippen LogP contribution is -2.33. The zero-order chi connectivity index (χ0) is 22.8. The number of anilines is 1. The fourth-order valence-electron chi connectivity index (χ4n) is 4.55. The highest BCUT2D eigenvalue weighted by atomic mass is 19.1. The maximum absolute atomic E-state index is 14.0. The second-order valence-electron chi connectivity index (χ2n) is 8.57. The number of fused-ring (bicyclic) bond motifs is 3. The first-order chi connectivity index (χ1) is 16.1. The van der Waals surface area contributed by atoms with E-state index in [9.17, 15) is 9.50 Å². The summed E-state index contributed by atoms with van der Waals surface area (Å²) in [6, 6.07) is 12.6. The lowest BCUT2D eigenvalue weighted by Gasteiger charge is -2.20. The van der Waals surface area contributed by atoms with Crippen LogP contribution in [0.2, 0.25) is 0 Å². The normalized spacial score (nSPS) is 15.4. The third-order valence-corrected chi connectivity index (χ3v) is 6.27. The van der Waals surface area contributed by atoms with Gasteiger partial charge in [-0.25, -0.2) is 4.39 Å². The molecule has 5 rings (SSSR count). The Kier molecular flexibility index (Phi) is 6.11. The molecule has 4 N–H and O–H groups in total. The van der Waals surface area contributed by atoms with E-state index in [1.807, 2.05) is 24.3 Å². The molecule has 1 aliphatic carbocycles. The molecule has 0 saturated carbocycles. The van der Waals surface area contributed by atoms with Crippen LogP contribution in [0.4, 0.5) is 10.2 Å². The molecule has 2 aromatic carbocycles. The number of halogens is 1. The van der Waals surface area contributed by atoms with Gasteiger partial charge in [0.15, 0.2) is 11.5 Å². The van der Waals surface area contributed by atoms with Crippen molar-refractivity contribution >= 4 is 16.6 Å². The molecule has 3 aliphatic rings. The summed E-state index contributed by atoms with van der Waals surface area (Å²) in [6.07, 6.45) is 1.83. The minimum Gasteiger partial charge on any atom is -0.493 e. The molecule has 1 atom stereocenters. The number of rotatable bonds is 9. The topological polar surface area (TPSA) is 85.5 Å². The number of H-pyrrole nitrogens is 2. The number of aliphatic hydroxyl groups excluding tert-OH is 1. The van der Waals surface area contributed by atoms with Gasteiger partial charge in [0.25, 0.3) is 0 Å². The van der Waals surface area contributed by atoms with E-state index in [0.717, 1.165) is 40.9 Å². The molecule has 0 bridgehead atoms. The van der Waals surface area contributed by atoms with Crippen molar-refractivity contribution in [3.63, 3.8) is 0 Å². The van der Waals surface area contributed by atoms with Crippen molar-refractivity contribution in [1.29, 1.82) is 0 Å². The van der Waals surface area contributed by atoms with Crippen LogP contribution < -0.4 is 14.8 Å². The number of nitrogens with one attached hydrogen (secondary N) is 3. The summed E-state index contributed by atoms with van der Waals surface area (Å²) in [6.45, 7) is 3.27. The Balaban J connectivity index is 1.33. The van der Waals surface area contributed by atoms with Crippen LogP contribution in [0.25, 0.3) is 22.0 Å². The van der Waals surface area contributed by atoms with Gasteiger partial charge in [0.1, 0.15) is 24.3 Å². The standard InChI is InChI=1S/C25H29FN4O3/c1-32-22-12-19-17(11-23(22)33-15-18(31)14-30-8-4-5-9-30)10-20-24(19)28-29-25(20)27-13-16-6-2-3-7-21(16)26/h2-3,6-7,10-12,18,27-29,31H,4-5,8-9,13-15H2,1H3. The highest BCUT2D eigenvalue weighted by Crippen LogP contribution is 2.42. The van der Waals surface area contributed by atoms with Crippen molar-refractivity contribution in [1.82, 2.24) is 15.1 Å². The van der Waals surface area contributed by atoms with E-state index in [0.29, 0.717) is 30.2 Å². The number of methoxy groups -OCH3 is 1. The number of β-amino-alcohol motifs (C(OH)–C–C–N with tert-alkyl or cyclic N) is 1. The minimum absolute atomic E-state index is 0.208. The van der Waals surface area contributed by atoms with Crippen LogP contribution in [0.5, 0.6) is 11.5 Å². The second kappa shape index (κ2) is 9.33. The number of aromatic nitrogens is 2. The molecule has 0 spiro atoms. The molecule has 1 fully saturated rings. The first kappa shape index (κ1) is 21.6. The Morgan fingerprint density at radius 2 is 1.94 bits per heavy atom. The molecule has 174 valence electrons. The Morgan fingerprint density at radius 3 is 2.73 bits per heavy atom. The van der Waals surface area contributed by atoms with Crippen molar-refractivity contribution in [3.05, 3.63) is 53.8 Å². The van der Waals surface area contributed by atoms with E-state index < -0.39 is 6.10 Å². The highest BCUT2D eigenvalue weighted by molar-refractivity contribution is 6.05. The molecule has 0 aromatic heterocycles. The van der Waals surface area contributed by atoms with Crippen LogP contribution in [-0.4, -0.2) is 59.7 Å². The molecule has 0 amide bonds. The van der Waals surface area contributed by atoms with Crippen LogP contribution in [0.15, 0.2) is 42.5 Å². The number of hydrogen-bond donors (Lipinski definition) is 4. The quantitative estimate of drug-likeness (QED) is 0.306.